The first-order chi connectivity index (χ1) is 12.0. The number of ether oxygens (including phenoxy) is 1. The maximum atomic E-state index is 13.6. The zero-order valence-electron chi connectivity index (χ0n) is 14.6. The van der Waals surface area contributed by atoms with Gasteiger partial charge in [-0.15, -0.1) is 0 Å². The molecular weight excluding hydrogens is 321 g/mol. The molecule has 0 heterocycles. The van der Waals surface area contributed by atoms with Crippen molar-refractivity contribution in [3.8, 4) is 0 Å². The third-order valence-corrected chi connectivity index (χ3v) is 3.99. The second kappa shape index (κ2) is 8.42. The molecule has 0 aliphatic heterocycles. The zero-order valence-corrected chi connectivity index (χ0v) is 14.6. The lowest BCUT2D eigenvalue weighted by Gasteiger charge is -2.18. The van der Waals surface area contributed by atoms with E-state index in [0.29, 0.717) is 0 Å². The number of halogens is 1. The number of para-hydroxylation sites is 1. The largest absolute Gasteiger partial charge is 0.449 e. The van der Waals surface area contributed by atoms with Gasteiger partial charge in [-0.1, -0.05) is 44.2 Å². The van der Waals surface area contributed by atoms with E-state index < -0.39 is 23.8 Å². The lowest BCUT2D eigenvalue weighted by molar-refractivity contribution is -0.123. The molecule has 1 atom stereocenters. The molecule has 0 unspecified atom stereocenters. The predicted molar refractivity (Wildman–Crippen MR) is 95.1 cm³/mol. The highest BCUT2D eigenvalue weighted by molar-refractivity contribution is 5.98. The smallest absolute Gasteiger partial charge is 0.341 e. The number of carbonyl (C=O) groups excluding carboxylic acids is 2. The van der Waals surface area contributed by atoms with Gasteiger partial charge in [0.1, 0.15) is 5.82 Å². The molecule has 1 amide bonds. The molecule has 1 N–H and O–H groups in total. The summed E-state index contributed by atoms with van der Waals surface area (Å²) < 4.78 is 18.7. The first kappa shape index (κ1) is 18.6. The number of hydrogen-bond acceptors (Lipinski definition) is 3. The average Bonchev–Trinajstić information content (AvgIpc) is 2.61. The molecule has 132 valence electrons. The number of benzene rings is 2. The molecule has 0 radical (unpaired) electrons. The molecule has 2 rings (SSSR count). The quantitative estimate of drug-likeness (QED) is 0.802. The Kier molecular flexibility index (Phi) is 6.28. The van der Waals surface area contributed by atoms with E-state index in [2.05, 4.69) is 5.32 Å². The molecule has 0 aliphatic rings. The van der Waals surface area contributed by atoms with Crippen molar-refractivity contribution in [1.29, 1.82) is 0 Å². The van der Waals surface area contributed by atoms with E-state index >= 15 is 0 Å². The Morgan fingerprint density at radius 2 is 1.64 bits per heavy atom. The lowest BCUT2D eigenvalue weighted by Crippen LogP contribution is -2.31. The lowest BCUT2D eigenvalue weighted by atomic mass is 10.0. The van der Waals surface area contributed by atoms with Gasteiger partial charge < -0.3 is 10.1 Å². The Hall–Kier alpha value is -2.69. The van der Waals surface area contributed by atoms with E-state index in [-0.39, 0.29) is 5.56 Å². The Labute approximate surface area is 147 Å². The fourth-order valence-corrected chi connectivity index (χ4v) is 2.53. The van der Waals surface area contributed by atoms with E-state index in [0.717, 1.165) is 29.7 Å². The highest BCUT2D eigenvalue weighted by Crippen LogP contribution is 2.23. The van der Waals surface area contributed by atoms with Crippen molar-refractivity contribution in [2.45, 2.75) is 39.7 Å². The zero-order chi connectivity index (χ0) is 18.4. The van der Waals surface area contributed by atoms with Crippen LogP contribution in [0.2, 0.25) is 0 Å². The van der Waals surface area contributed by atoms with Gasteiger partial charge in [0.15, 0.2) is 6.10 Å². The summed E-state index contributed by atoms with van der Waals surface area (Å²) in [5.74, 6) is -1.98. The van der Waals surface area contributed by atoms with Crippen LogP contribution in [-0.2, 0) is 22.4 Å². The van der Waals surface area contributed by atoms with Crippen LogP contribution in [0, 0.1) is 5.82 Å². The van der Waals surface area contributed by atoms with Gasteiger partial charge in [-0.05, 0) is 43.0 Å². The minimum atomic E-state index is -1.04. The summed E-state index contributed by atoms with van der Waals surface area (Å²) in [5.41, 5.74) is 2.59. The van der Waals surface area contributed by atoms with E-state index in [1.165, 1.54) is 31.2 Å². The van der Waals surface area contributed by atoms with Crippen molar-refractivity contribution in [2.24, 2.45) is 0 Å². The van der Waals surface area contributed by atoms with Crippen LogP contribution in [0.3, 0.4) is 0 Å². The van der Waals surface area contributed by atoms with E-state index in [1.807, 2.05) is 32.0 Å². The van der Waals surface area contributed by atoms with Crippen LogP contribution in [0.4, 0.5) is 10.1 Å². The number of carbonyl (C=O) groups is 2. The van der Waals surface area contributed by atoms with Gasteiger partial charge in [-0.3, -0.25) is 4.79 Å². The van der Waals surface area contributed by atoms with Crippen molar-refractivity contribution in [1.82, 2.24) is 0 Å². The molecule has 0 saturated carbocycles. The highest BCUT2D eigenvalue weighted by atomic mass is 19.1. The van der Waals surface area contributed by atoms with Gasteiger partial charge >= 0.3 is 5.97 Å². The second-order valence-electron chi connectivity index (χ2n) is 5.68. The molecule has 0 aromatic heterocycles. The normalized spacial score (nSPS) is 11.7. The van der Waals surface area contributed by atoms with Crippen LogP contribution in [-0.4, -0.2) is 18.0 Å². The van der Waals surface area contributed by atoms with Crippen molar-refractivity contribution in [2.75, 3.05) is 5.32 Å². The SMILES string of the molecule is CCc1cccc(CC)c1NC(=O)[C@@H](C)OC(=O)c1ccccc1F. The number of hydrogen-bond donors (Lipinski definition) is 1. The summed E-state index contributed by atoms with van der Waals surface area (Å²) >= 11 is 0. The van der Waals surface area contributed by atoms with Crippen LogP contribution in [0.1, 0.15) is 42.3 Å². The summed E-state index contributed by atoms with van der Waals surface area (Å²) in [4.78, 5) is 24.5. The monoisotopic (exact) mass is 343 g/mol. The third kappa shape index (κ3) is 4.44. The van der Waals surface area contributed by atoms with Crippen molar-refractivity contribution in [3.63, 3.8) is 0 Å². The standard InChI is InChI=1S/C20H22FNO3/c1-4-14-9-8-10-15(5-2)18(14)22-19(23)13(3)25-20(24)16-11-6-7-12-17(16)21/h6-13H,4-5H2,1-3H3,(H,22,23)/t13-/m1/s1. The fraction of sp³-hybridized carbons (Fsp3) is 0.300. The maximum absolute atomic E-state index is 13.6. The average molecular weight is 343 g/mol. The highest BCUT2D eigenvalue weighted by Gasteiger charge is 2.22. The van der Waals surface area contributed by atoms with Crippen molar-refractivity contribution in [3.05, 3.63) is 65.0 Å². The second-order valence-corrected chi connectivity index (χ2v) is 5.68. The minimum absolute atomic E-state index is 0.189. The van der Waals surface area contributed by atoms with Gasteiger partial charge in [0, 0.05) is 5.69 Å². The molecule has 0 bridgehead atoms. The van der Waals surface area contributed by atoms with E-state index in [4.69, 9.17) is 4.74 Å². The van der Waals surface area contributed by atoms with E-state index in [1.54, 1.807) is 0 Å². The van der Waals surface area contributed by atoms with E-state index in [9.17, 15) is 14.0 Å². The van der Waals surface area contributed by atoms with Gasteiger partial charge in [0.25, 0.3) is 5.91 Å². The van der Waals surface area contributed by atoms with Crippen LogP contribution >= 0.6 is 0 Å². The maximum Gasteiger partial charge on any atom is 0.341 e. The Bertz CT molecular complexity index is 751. The molecule has 5 heteroatoms. The van der Waals surface area contributed by atoms with Gasteiger partial charge in [0.05, 0.1) is 5.56 Å². The summed E-state index contributed by atoms with van der Waals surface area (Å²) in [6.07, 6.45) is 0.501. The fourth-order valence-electron chi connectivity index (χ4n) is 2.53. The molecule has 25 heavy (non-hydrogen) atoms. The van der Waals surface area contributed by atoms with Gasteiger partial charge in [-0.25, -0.2) is 9.18 Å². The summed E-state index contributed by atoms with van der Waals surface area (Å²) in [5, 5.41) is 2.84. The number of aryl methyl sites for hydroxylation is 2. The first-order valence-corrected chi connectivity index (χ1v) is 8.35. The molecular formula is C20H22FNO3. The molecule has 0 aliphatic carbocycles. The minimum Gasteiger partial charge on any atom is -0.449 e. The topological polar surface area (TPSA) is 55.4 Å². The van der Waals surface area contributed by atoms with Crippen molar-refractivity contribution >= 4 is 17.6 Å². The van der Waals surface area contributed by atoms with Gasteiger partial charge in [0.2, 0.25) is 0 Å². The number of nitrogens with one attached hydrogen (secondary N) is 1. The predicted octanol–water partition coefficient (Wildman–Crippen LogP) is 4.13. The first-order valence-electron chi connectivity index (χ1n) is 8.35. The number of amides is 1. The van der Waals surface area contributed by atoms with Crippen LogP contribution in [0.15, 0.2) is 42.5 Å². The summed E-state index contributed by atoms with van der Waals surface area (Å²) in [6, 6.07) is 11.4. The number of rotatable bonds is 6. The number of anilines is 1. The summed E-state index contributed by atoms with van der Waals surface area (Å²) in [6.45, 7) is 5.48. The molecule has 0 spiro atoms. The van der Waals surface area contributed by atoms with Gasteiger partial charge in [-0.2, -0.15) is 0 Å². The Morgan fingerprint density at radius 1 is 1.04 bits per heavy atom. The molecule has 4 nitrogen and oxygen atoms in total. The summed E-state index contributed by atoms with van der Waals surface area (Å²) in [7, 11) is 0. The Balaban J connectivity index is 2.11. The van der Waals surface area contributed by atoms with Crippen LogP contribution < -0.4 is 5.32 Å². The van der Waals surface area contributed by atoms with Crippen LogP contribution in [0.25, 0.3) is 0 Å². The molecule has 2 aromatic rings. The molecule has 2 aromatic carbocycles. The Morgan fingerprint density at radius 3 is 2.20 bits per heavy atom. The molecule has 0 fully saturated rings. The van der Waals surface area contributed by atoms with Crippen LogP contribution in [0.5, 0.6) is 0 Å². The third-order valence-electron chi connectivity index (χ3n) is 3.99. The number of esters is 1. The van der Waals surface area contributed by atoms with Crippen molar-refractivity contribution < 1.29 is 18.7 Å². The molecule has 0 saturated heterocycles.